The lowest BCUT2D eigenvalue weighted by Crippen LogP contribution is -2.36. The van der Waals surface area contributed by atoms with Crippen molar-refractivity contribution in [2.24, 2.45) is 5.73 Å². The number of aromatic nitrogens is 3. The van der Waals surface area contributed by atoms with Crippen LogP contribution in [0.4, 0.5) is 5.82 Å². The molecule has 0 saturated carbocycles. The normalized spacial score (nSPS) is 13.8. The highest BCUT2D eigenvalue weighted by molar-refractivity contribution is 5.82. The van der Waals surface area contributed by atoms with E-state index in [1.54, 1.807) is 24.5 Å². The van der Waals surface area contributed by atoms with Crippen molar-refractivity contribution in [2.75, 3.05) is 31.2 Å². The van der Waals surface area contributed by atoms with Gasteiger partial charge in [0, 0.05) is 61.1 Å². The summed E-state index contributed by atoms with van der Waals surface area (Å²) in [5, 5.41) is 9.45. The van der Waals surface area contributed by atoms with Crippen molar-refractivity contribution in [1.29, 1.82) is 5.26 Å². The Morgan fingerprint density at radius 1 is 1.03 bits per heavy atom. The molecule has 0 radical (unpaired) electrons. The molecule has 1 saturated heterocycles. The second-order valence-corrected chi connectivity index (χ2v) is 7.44. The van der Waals surface area contributed by atoms with Crippen molar-refractivity contribution in [2.45, 2.75) is 6.54 Å². The number of fused-ring (bicyclic) bond motifs is 1. The number of ether oxygens (including phenoxy) is 2. The van der Waals surface area contributed by atoms with Crippen LogP contribution >= 0.6 is 0 Å². The summed E-state index contributed by atoms with van der Waals surface area (Å²) in [5.74, 6) is 2.07. The lowest BCUT2D eigenvalue weighted by molar-refractivity contribution is 0.122. The standard InChI is InChI=1S/C24H22N6O2/c25-15-17-1-3-20(21-4-2-18(16-26)30-8-7-28-24(21)30)22(13-17)32-19-5-6-27-23(14-19)29-9-11-31-12-10-29/h1-8,13-14H,9-12,16,26H2. The van der Waals surface area contributed by atoms with Gasteiger partial charge in [0.05, 0.1) is 24.8 Å². The van der Waals surface area contributed by atoms with Crippen LogP contribution < -0.4 is 15.4 Å². The Morgan fingerprint density at radius 2 is 1.88 bits per heavy atom. The van der Waals surface area contributed by atoms with Crippen LogP contribution in [0.5, 0.6) is 11.5 Å². The fourth-order valence-electron chi connectivity index (χ4n) is 3.90. The van der Waals surface area contributed by atoms with Crippen LogP contribution in [0.2, 0.25) is 0 Å². The van der Waals surface area contributed by atoms with Gasteiger partial charge in [-0.1, -0.05) is 0 Å². The van der Waals surface area contributed by atoms with E-state index in [2.05, 4.69) is 20.9 Å². The van der Waals surface area contributed by atoms with Crippen molar-refractivity contribution in [1.82, 2.24) is 14.4 Å². The number of benzene rings is 1. The number of nitrogens with zero attached hydrogens (tertiary/aromatic N) is 5. The van der Waals surface area contributed by atoms with E-state index < -0.39 is 0 Å². The van der Waals surface area contributed by atoms with Gasteiger partial charge < -0.3 is 24.5 Å². The fourth-order valence-corrected chi connectivity index (χ4v) is 3.90. The number of rotatable bonds is 5. The SMILES string of the molecule is N#Cc1ccc(-c2ccc(CN)n3ccnc23)c(Oc2ccnc(N3CCOCC3)c2)c1. The average molecular weight is 426 g/mol. The highest BCUT2D eigenvalue weighted by atomic mass is 16.5. The van der Waals surface area contributed by atoms with Gasteiger partial charge in [0.25, 0.3) is 0 Å². The van der Waals surface area contributed by atoms with Crippen LogP contribution in [0.3, 0.4) is 0 Å². The number of hydrogen-bond acceptors (Lipinski definition) is 7. The number of morpholine rings is 1. The molecule has 1 aromatic carbocycles. The van der Waals surface area contributed by atoms with Crippen molar-refractivity contribution in [3.8, 4) is 28.7 Å². The second-order valence-electron chi connectivity index (χ2n) is 7.44. The Balaban J connectivity index is 1.56. The first-order chi connectivity index (χ1) is 15.8. The molecule has 4 aromatic rings. The molecule has 3 aromatic heterocycles. The summed E-state index contributed by atoms with van der Waals surface area (Å²) in [7, 11) is 0. The topological polar surface area (TPSA) is 102 Å². The van der Waals surface area contributed by atoms with Crippen LogP contribution in [-0.2, 0) is 11.3 Å². The lowest BCUT2D eigenvalue weighted by atomic mass is 10.0. The van der Waals surface area contributed by atoms with Gasteiger partial charge in [-0.3, -0.25) is 0 Å². The van der Waals surface area contributed by atoms with E-state index in [0.29, 0.717) is 36.8 Å². The molecule has 0 unspecified atom stereocenters. The Hall–Kier alpha value is -3.93. The van der Waals surface area contributed by atoms with E-state index in [-0.39, 0.29) is 0 Å². The van der Waals surface area contributed by atoms with Gasteiger partial charge in [0.15, 0.2) is 0 Å². The molecule has 0 atom stereocenters. The van der Waals surface area contributed by atoms with Gasteiger partial charge in [0.2, 0.25) is 0 Å². The van der Waals surface area contributed by atoms with Gasteiger partial charge in [-0.15, -0.1) is 0 Å². The van der Waals surface area contributed by atoms with Crippen LogP contribution in [0, 0.1) is 11.3 Å². The number of imidazole rings is 1. The molecule has 0 aliphatic carbocycles. The first-order valence-corrected chi connectivity index (χ1v) is 10.4. The zero-order valence-corrected chi connectivity index (χ0v) is 17.4. The van der Waals surface area contributed by atoms with Crippen molar-refractivity contribution in [3.63, 3.8) is 0 Å². The van der Waals surface area contributed by atoms with E-state index >= 15 is 0 Å². The molecule has 160 valence electrons. The van der Waals surface area contributed by atoms with Crippen LogP contribution in [-0.4, -0.2) is 40.7 Å². The van der Waals surface area contributed by atoms with E-state index in [1.165, 1.54) is 0 Å². The minimum absolute atomic E-state index is 0.408. The molecule has 32 heavy (non-hydrogen) atoms. The Labute approximate surface area is 185 Å². The number of nitriles is 1. The minimum atomic E-state index is 0.408. The zero-order chi connectivity index (χ0) is 21.9. The van der Waals surface area contributed by atoms with Crippen LogP contribution in [0.25, 0.3) is 16.8 Å². The summed E-state index contributed by atoms with van der Waals surface area (Å²) < 4.78 is 13.7. The smallest absolute Gasteiger partial charge is 0.144 e. The maximum atomic E-state index is 9.45. The van der Waals surface area contributed by atoms with Gasteiger partial charge in [0.1, 0.15) is 23.0 Å². The molecule has 5 rings (SSSR count). The van der Waals surface area contributed by atoms with Gasteiger partial charge in [-0.25, -0.2) is 9.97 Å². The Kier molecular flexibility index (Phi) is 5.42. The predicted molar refractivity (Wildman–Crippen MR) is 121 cm³/mol. The molecule has 0 bridgehead atoms. The zero-order valence-electron chi connectivity index (χ0n) is 17.4. The third kappa shape index (κ3) is 3.75. The number of pyridine rings is 2. The third-order valence-electron chi connectivity index (χ3n) is 5.52. The number of nitrogens with two attached hydrogens (primary N) is 1. The van der Waals surface area contributed by atoms with E-state index in [9.17, 15) is 5.26 Å². The highest BCUT2D eigenvalue weighted by Crippen LogP contribution is 2.37. The largest absolute Gasteiger partial charge is 0.456 e. The maximum absolute atomic E-state index is 9.45. The molecule has 2 N–H and O–H groups in total. The first-order valence-electron chi connectivity index (χ1n) is 10.4. The van der Waals surface area contributed by atoms with E-state index in [4.69, 9.17) is 15.2 Å². The molecule has 1 fully saturated rings. The Bertz CT molecular complexity index is 1300. The summed E-state index contributed by atoms with van der Waals surface area (Å²) in [6.45, 7) is 3.35. The lowest BCUT2D eigenvalue weighted by Gasteiger charge is -2.27. The molecular formula is C24H22N6O2. The Morgan fingerprint density at radius 3 is 2.69 bits per heavy atom. The molecule has 1 aliphatic heterocycles. The van der Waals surface area contributed by atoms with E-state index in [1.807, 2.05) is 40.9 Å². The number of hydrogen-bond donors (Lipinski definition) is 1. The summed E-state index contributed by atoms with van der Waals surface area (Å²) in [6.07, 6.45) is 5.37. The quantitative estimate of drug-likeness (QED) is 0.522. The van der Waals surface area contributed by atoms with Crippen molar-refractivity contribution >= 4 is 11.5 Å². The molecule has 0 amide bonds. The van der Waals surface area contributed by atoms with Crippen molar-refractivity contribution < 1.29 is 9.47 Å². The highest BCUT2D eigenvalue weighted by Gasteiger charge is 2.16. The van der Waals surface area contributed by atoms with Crippen molar-refractivity contribution in [3.05, 3.63) is 72.3 Å². The summed E-state index contributed by atoms with van der Waals surface area (Å²) in [6, 6.07) is 15.3. The van der Waals surface area contributed by atoms with Gasteiger partial charge in [-0.05, 0) is 36.4 Å². The summed E-state index contributed by atoms with van der Waals surface area (Å²) in [5.41, 5.74) is 9.88. The third-order valence-corrected chi connectivity index (χ3v) is 5.52. The minimum Gasteiger partial charge on any atom is -0.456 e. The molecule has 8 heteroatoms. The molecular weight excluding hydrogens is 404 g/mol. The molecule has 0 spiro atoms. The van der Waals surface area contributed by atoms with Crippen LogP contribution in [0.1, 0.15) is 11.3 Å². The molecule has 1 aliphatic rings. The number of anilines is 1. The second kappa shape index (κ2) is 8.67. The van der Waals surface area contributed by atoms with Gasteiger partial charge >= 0.3 is 0 Å². The van der Waals surface area contributed by atoms with Crippen LogP contribution in [0.15, 0.2) is 61.1 Å². The molecule has 4 heterocycles. The van der Waals surface area contributed by atoms with E-state index in [0.717, 1.165) is 41.4 Å². The monoisotopic (exact) mass is 426 g/mol. The fraction of sp³-hybridized carbons (Fsp3) is 0.208. The summed E-state index contributed by atoms with van der Waals surface area (Å²) >= 11 is 0. The maximum Gasteiger partial charge on any atom is 0.144 e. The molecule has 8 nitrogen and oxygen atoms in total. The first kappa shape index (κ1) is 20.0. The predicted octanol–water partition coefficient (Wildman–Crippen LogP) is 3.36. The van der Waals surface area contributed by atoms with Gasteiger partial charge in [-0.2, -0.15) is 5.26 Å². The summed E-state index contributed by atoms with van der Waals surface area (Å²) in [4.78, 5) is 11.2. The average Bonchev–Trinajstić information content (AvgIpc) is 3.34.